The van der Waals surface area contributed by atoms with E-state index in [-0.39, 0.29) is 0 Å². The molecule has 5 heteroatoms. The average molecular weight is 398 g/mol. The third-order valence-electron chi connectivity index (χ3n) is 6.55. The Hall–Kier alpha value is -2.04. The van der Waals surface area contributed by atoms with Gasteiger partial charge in [-0.1, -0.05) is 29.8 Å². The van der Waals surface area contributed by atoms with E-state index in [4.69, 9.17) is 16.3 Å². The number of carboxylic acids is 1. The molecule has 1 aliphatic heterocycles. The van der Waals surface area contributed by atoms with Gasteiger partial charge in [-0.2, -0.15) is 0 Å². The maximum Gasteiger partial charge on any atom is 0.310 e. The Morgan fingerprint density at radius 1 is 1.11 bits per heavy atom. The number of rotatable bonds is 6. The van der Waals surface area contributed by atoms with Gasteiger partial charge in [0.05, 0.1) is 5.41 Å². The predicted molar refractivity (Wildman–Crippen MR) is 108 cm³/mol. The SMILES string of the molecule is O=C(O)C1(CN2CC3(Cc4ccc(OCc5cccc(Cl)c5)cc4C3)C2)CC1. The number of halogens is 1. The van der Waals surface area contributed by atoms with E-state index in [9.17, 15) is 9.90 Å². The molecule has 1 saturated carbocycles. The average Bonchev–Trinajstić information content (AvgIpc) is 3.32. The first-order valence-corrected chi connectivity index (χ1v) is 10.3. The number of fused-ring (bicyclic) bond motifs is 1. The standard InChI is InChI=1S/C23H24ClNO3/c24-19-3-1-2-16(8-19)12-28-20-5-4-17-10-22(11-18(17)9-20)13-25(14-22)15-23(6-7-23)21(26)27/h1-5,8-9H,6-7,10-15H2,(H,26,27). The molecule has 5 rings (SSSR count). The summed E-state index contributed by atoms with van der Waals surface area (Å²) in [6.45, 7) is 3.24. The van der Waals surface area contributed by atoms with Crippen molar-refractivity contribution >= 4 is 17.6 Å². The third kappa shape index (κ3) is 3.29. The molecule has 28 heavy (non-hydrogen) atoms. The summed E-state index contributed by atoms with van der Waals surface area (Å²) in [7, 11) is 0. The van der Waals surface area contributed by atoms with Crippen LogP contribution in [0.4, 0.5) is 0 Å². The number of likely N-dealkylation sites (tertiary alicyclic amines) is 1. The summed E-state index contributed by atoms with van der Waals surface area (Å²) >= 11 is 6.04. The fourth-order valence-corrected chi connectivity index (χ4v) is 5.16. The first-order valence-electron chi connectivity index (χ1n) is 9.90. The highest BCUT2D eigenvalue weighted by atomic mass is 35.5. The van der Waals surface area contributed by atoms with Crippen molar-refractivity contribution in [2.75, 3.05) is 19.6 Å². The molecule has 0 unspecified atom stereocenters. The number of hydrogen-bond donors (Lipinski definition) is 1. The van der Waals surface area contributed by atoms with Crippen LogP contribution in [0.2, 0.25) is 5.02 Å². The molecule has 1 saturated heterocycles. The molecule has 4 nitrogen and oxygen atoms in total. The molecule has 2 aromatic rings. The van der Waals surface area contributed by atoms with E-state index in [0.717, 1.165) is 55.1 Å². The van der Waals surface area contributed by atoms with Crippen molar-refractivity contribution < 1.29 is 14.6 Å². The molecular formula is C23H24ClNO3. The fraction of sp³-hybridized carbons (Fsp3) is 0.435. The highest BCUT2D eigenvalue weighted by molar-refractivity contribution is 6.30. The second-order valence-electron chi connectivity index (χ2n) is 8.93. The maximum absolute atomic E-state index is 11.4. The van der Waals surface area contributed by atoms with Crippen LogP contribution in [0.3, 0.4) is 0 Å². The van der Waals surface area contributed by atoms with E-state index in [0.29, 0.717) is 18.6 Å². The number of carboxylic acid groups (broad SMARTS) is 1. The van der Waals surface area contributed by atoms with Crippen LogP contribution in [-0.4, -0.2) is 35.6 Å². The largest absolute Gasteiger partial charge is 0.489 e. The van der Waals surface area contributed by atoms with Crippen LogP contribution in [0.1, 0.15) is 29.5 Å². The smallest absolute Gasteiger partial charge is 0.310 e. The zero-order valence-electron chi connectivity index (χ0n) is 15.8. The van der Waals surface area contributed by atoms with E-state index in [1.807, 2.05) is 24.3 Å². The number of nitrogens with zero attached hydrogens (tertiary/aromatic N) is 1. The van der Waals surface area contributed by atoms with E-state index < -0.39 is 11.4 Å². The number of aliphatic carboxylic acids is 1. The summed E-state index contributed by atoms with van der Waals surface area (Å²) < 4.78 is 5.98. The molecule has 1 heterocycles. The first kappa shape index (κ1) is 18.0. The summed E-state index contributed by atoms with van der Waals surface area (Å²) in [6.07, 6.45) is 3.82. The van der Waals surface area contributed by atoms with Crippen molar-refractivity contribution in [3.05, 3.63) is 64.2 Å². The van der Waals surface area contributed by atoms with Gasteiger partial charge in [0.25, 0.3) is 0 Å². The quantitative estimate of drug-likeness (QED) is 0.794. The molecule has 2 fully saturated rings. The van der Waals surface area contributed by atoms with Crippen molar-refractivity contribution in [3.8, 4) is 5.75 Å². The van der Waals surface area contributed by atoms with Crippen LogP contribution in [0, 0.1) is 10.8 Å². The zero-order chi connectivity index (χ0) is 19.4. The van der Waals surface area contributed by atoms with Gasteiger partial charge in [0.1, 0.15) is 12.4 Å². The van der Waals surface area contributed by atoms with Crippen LogP contribution in [0.25, 0.3) is 0 Å². The Morgan fingerprint density at radius 2 is 1.89 bits per heavy atom. The van der Waals surface area contributed by atoms with Crippen molar-refractivity contribution in [2.24, 2.45) is 10.8 Å². The fourth-order valence-electron chi connectivity index (χ4n) is 4.95. The van der Waals surface area contributed by atoms with Gasteiger partial charge in [0, 0.05) is 30.1 Å². The van der Waals surface area contributed by atoms with E-state index >= 15 is 0 Å². The van der Waals surface area contributed by atoms with Crippen molar-refractivity contribution in [2.45, 2.75) is 32.3 Å². The monoisotopic (exact) mass is 397 g/mol. The van der Waals surface area contributed by atoms with Crippen LogP contribution in [0.15, 0.2) is 42.5 Å². The van der Waals surface area contributed by atoms with Gasteiger partial charge >= 0.3 is 5.97 Å². The molecule has 3 aliphatic rings. The molecule has 2 aromatic carbocycles. The van der Waals surface area contributed by atoms with Crippen LogP contribution < -0.4 is 4.74 Å². The van der Waals surface area contributed by atoms with E-state index in [1.54, 1.807) is 0 Å². The summed E-state index contributed by atoms with van der Waals surface area (Å²) in [5.74, 6) is 0.277. The minimum absolute atomic E-state index is 0.294. The van der Waals surface area contributed by atoms with Gasteiger partial charge in [0.2, 0.25) is 0 Å². The molecule has 0 atom stereocenters. The summed E-state index contributed by atoms with van der Waals surface area (Å²) in [4.78, 5) is 13.8. The van der Waals surface area contributed by atoms with Gasteiger partial charge in [-0.25, -0.2) is 0 Å². The van der Waals surface area contributed by atoms with Gasteiger partial charge in [-0.15, -0.1) is 0 Å². The van der Waals surface area contributed by atoms with Crippen LogP contribution in [0.5, 0.6) is 5.75 Å². The Kier molecular flexibility index (Phi) is 4.18. The normalized spacial score (nSPS) is 21.2. The molecule has 0 bridgehead atoms. The lowest BCUT2D eigenvalue weighted by atomic mass is 9.76. The second-order valence-corrected chi connectivity index (χ2v) is 9.37. The van der Waals surface area contributed by atoms with E-state index in [1.165, 1.54) is 11.1 Å². The predicted octanol–water partition coefficient (Wildman–Crippen LogP) is 4.18. The van der Waals surface area contributed by atoms with Crippen LogP contribution in [-0.2, 0) is 24.2 Å². The lowest BCUT2D eigenvalue weighted by Gasteiger charge is -2.49. The number of hydrogen-bond acceptors (Lipinski definition) is 3. The Morgan fingerprint density at radius 3 is 2.61 bits per heavy atom. The Balaban J connectivity index is 1.19. The summed E-state index contributed by atoms with van der Waals surface area (Å²) in [5, 5.41) is 10.1. The first-order chi connectivity index (χ1) is 13.5. The molecule has 146 valence electrons. The number of carbonyl (C=O) groups is 1. The van der Waals surface area contributed by atoms with Crippen molar-refractivity contribution in [1.29, 1.82) is 0 Å². The summed E-state index contributed by atoms with van der Waals surface area (Å²) in [5.41, 5.74) is 3.69. The maximum atomic E-state index is 11.4. The van der Waals surface area contributed by atoms with Crippen LogP contribution >= 0.6 is 11.6 Å². The topological polar surface area (TPSA) is 49.8 Å². The molecule has 2 aliphatic carbocycles. The van der Waals surface area contributed by atoms with Crippen molar-refractivity contribution in [1.82, 2.24) is 4.90 Å². The van der Waals surface area contributed by atoms with Gasteiger partial charge in [-0.05, 0) is 66.6 Å². The zero-order valence-corrected chi connectivity index (χ0v) is 16.5. The number of ether oxygens (including phenoxy) is 1. The Labute approximate surface area is 170 Å². The van der Waals surface area contributed by atoms with Gasteiger partial charge in [0.15, 0.2) is 0 Å². The van der Waals surface area contributed by atoms with Gasteiger partial charge < -0.3 is 14.7 Å². The second kappa shape index (κ2) is 6.50. The minimum Gasteiger partial charge on any atom is -0.489 e. The highest BCUT2D eigenvalue weighted by Gasteiger charge is 2.55. The molecule has 1 N–H and O–H groups in total. The molecular weight excluding hydrogens is 374 g/mol. The third-order valence-corrected chi connectivity index (χ3v) is 6.79. The summed E-state index contributed by atoms with van der Waals surface area (Å²) in [6, 6.07) is 14.2. The lowest BCUT2D eigenvalue weighted by Crippen LogP contribution is -2.58. The molecule has 0 aromatic heterocycles. The molecule has 0 amide bonds. The van der Waals surface area contributed by atoms with Gasteiger partial charge in [-0.3, -0.25) is 4.79 Å². The number of benzene rings is 2. The molecule has 1 spiro atoms. The minimum atomic E-state index is -0.621. The lowest BCUT2D eigenvalue weighted by molar-refractivity contribution is -0.145. The Bertz CT molecular complexity index is 931. The molecule has 0 radical (unpaired) electrons. The van der Waals surface area contributed by atoms with Crippen molar-refractivity contribution in [3.63, 3.8) is 0 Å². The highest BCUT2D eigenvalue weighted by Crippen LogP contribution is 2.51. The van der Waals surface area contributed by atoms with E-state index in [2.05, 4.69) is 23.1 Å².